The van der Waals surface area contributed by atoms with Gasteiger partial charge < -0.3 is 13.7 Å². The van der Waals surface area contributed by atoms with Crippen LogP contribution in [0.2, 0.25) is 0 Å². The van der Waals surface area contributed by atoms with Crippen LogP contribution >= 0.6 is 10.0 Å². The minimum atomic E-state index is -1.97. The predicted molar refractivity (Wildman–Crippen MR) is 299 cm³/mol. The molecule has 3 aromatic heterocycles. The summed E-state index contributed by atoms with van der Waals surface area (Å²) in [6.07, 6.45) is 11.8. The van der Waals surface area contributed by atoms with E-state index in [9.17, 15) is 0 Å². The molecule has 4 heteroatoms. The van der Waals surface area contributed by atoms with Crippen molar-refractivity contribution < 1.29 is 0 Å². The van der Waals surface area contributed by atoms with Crippen molar-refractivity contribution in [2.24, 2.45) is 0 Å². The molecule has 0 saturated heterocycles. The lowest BCUT2D eigenvalue weighted by Crippen LogP contribution is -2.07. The van der Waals surface area contributed by atoms with Crippen molar-refractivity contribution in [1.82, 2.24) is 13.7 Å². The number of rotatable bonds is 8. The number of benzene rings is 9. The van der Waals surface area contributed by atoms with Gasteiger partial charge in [-0.3, -0.25) is 0 Å². The topological polar surface area (TPSA) is 14.8 Å². The lowest BCUT2D eigenvalue weighted by Gasteiger charge is -2.42. The Balaban J connectivity index is 1.08. The Bertz CT molecular complexity index is 4100. The van der Waals surface area contributed by atoms with Crippen LogP contribution in [0.15, 0.2) is 262 Å². The minimum Gasteiger partial charge on any atom is -0.309 e. The van der Waals surface area contributed by atoms with Gasteiger partial charge >= 0.3 is 0 Å². The summed E-state index contributed by atoms with van der Waals surface area (Å²) in [7, 11) is -1.97. The number of nitrogens with zero attached hydrogens (tertiary/aromatic N) is 3. The molecule has 0 saturated carbocycles. The molecule has 0 aliphatic heterocycles. The van der Waals surface area contributed by atoms with E-state index in [0.29, 0.717) is 0 Å². The van der Waals surface area contributed by atoms with Crippen LogP contribution in [0.5, 0.6) is 0 Å². The molecular formula is C67H47N3S. The van der Waals surface area contributed by atoms with Crippen molar-refractivity contribution >= 4 is 81.9 Å². The van der Waals surface area contributed by atoms with E-state index in [4.69, 9.17) is 0 Å². The van der Waals surface area contributed by atoms with Crippen molar-refractivity contribution in [3.8, 4) is 23.2 Å². The highest BCUT2D eigenvalue weighted by Crippen LogP contribution is 2.73. The smallest absolute Gasteiger partial charge is 0.105 e. The summed E-state index contributed by atoms with van der Waals surface area (Å²) in [6.45, 7) is 0. The van der Waals surface area contributed by atoms with E-state index in [-0.39, 0.29) is 0 Å². The van der Waals surface area contributed by atoms with Crippen LogP contribution in [-0.4, -0.2) is 13.7 Å². The fraction of sp³-hybridized carbons (Fsp3) is 0.0448. The molecular weight excluding hydrogens is 879 g/mol. The third kappa shape index (κ3) is 6.33. The fourth-order valence-corrected chi connectivity index (χ4v) is 15.6. The molecule has 0 N–H and O–H groups in total. The normalized spacial score (nSPS) is 13.8. The first-order chi connectivity index (χ1) is 35.3. The third-order valence-electron chi connectivity index (χ3n) is 14.7. The van der Waals surface area contributed by atoms with Gasteiger partial charge in [0.05, 0.1) is 33.3 Å². The first kappa shape index (κ1) is 41.2. The molecule has 9 aromatic carbocycles. The predicted octanol–water partition coefficient (Wildman–Crippen LogP) is 17.7. The van der Waals surface area contributed by atoms with Gasteiger partial charge in [-0.25, -0.2) is 0 Å². The SMILES string of the molecule is C1#Cc2c(c3ccccc3n2-c2ccccc2C2=C(n3c4ccc(-n5c6ccccc6c6ccccc65)cc4c4cc(S(c5ccccc5)(c5ccccc5)c5ccccc5)ccc43)C=CCC2)C=CC1. The molecule has 2 aliphatic rings. The quantitative estimate of drug-likeness (QED) is 0.135. The van der Waals surface area contributed by atoms with Crippen molar-refractivity contribution in [2.45, 2.75) is 38.8 Å². The van der Waals surface area contributed by atoms with E-state index < -0.39 is 10.0 Å². The maximum absolute atomic E-state index is 3.61. The van der Waals surface area contributed by atoms with Crippen molar-refractivity contribution in [3.63, 3.8) is 0 Å². The van der Waals surface area contributed by atoms with Crippen LogP contribution in [0.4, 0.5) is 0 Å². The van der Waals surface area contributed by atoms with Crippen LogP contribution < -0.4 is 0 Å². The number of allylic oxidation sites excluding steroid dienone is 5. The maximum atomic E-state index is 3.61. The average Bonchev–Trinajstić information content (AvgIpc) is 3.98. The number of hydrogen-bond acceptors (Lipinski definition) is 0. The Morgan fingerprint density at radius 3 is 1.59 bits per heavy atom. The van der Waals surface area contributed by atoms with E-state index in [1.807, 2.05) is 0 Å². The van der Waals surface area contributed by atoms with Crippen LogP contribution in [0.25, 0.3) is 83.2 Å². The molecule has 3 heterocycles. The Morgan fingerprint density at radius 2 is 0.930 bits per heavy atom. The maximum Gasteiger partial charge on any atom is 0.105 e. The first-order valence-corrected chi connectivity index (χ1v) is 26.2. The molecule has 0 spiro atoms. The Morgan fingerprint density at radius 1 is 0.394 bits per heavy atom. The molecule has 0 radical (unpaired) electrons. The van der Waals surface area contributed by atoms with Crippen molar-refractivity contribution in [3.05, 3.63) is 260 Å². The summed E-state index contributed by atoms with van der Waals surface area (Å²) in [4.78, 5) is 5.21. The highest BCUT2D eigenvalue weighted by Gasteiger charge is 2.34. The van der Waals surface area contributed by atoms with E-state index in [2.05, 4.69) is 274 Å². The molecule has 12 aromatic rings. The van der Waals surface area contributed by atoms with E-state index >= 15 is 0 Å². The second-order valence-corrected chi connectivity index (χ2v) is 21.6. The van der Waals surface area contributed by atoms with Crippen LogP contribution in [0.3, 0.4) is 0 Å². The number of aromatic nitrogens is 3. The second kappa shape index (κ2) is 16.7. The monoisotopic (exact) mass is 925 g/mol. The minimum absolute atomic E-state index is 0.739. The molecule has 2 aliphatic carbocycles. The molecule has 0 atom stereocenters. The van der Waals surface area contributed by atoms with Crippen LogP contribution in [0.1, 0.15) is 36.1 Å². The largest absolute Gasteiger partial charge is 0.309 e. The van der Waals surface area contributed by atoms with Gasteiger partial charge in [0.1, 0.15) is 5.69 Å². The standard InChI is InChI=1S/C67H47N3S/c1-5-23-48(24-6-1)71(49-25-7-2-8-26-49,50-27-9-3-10-28-50)51-42-44-67-59(46-51)58-45-47(68-60-36-18-13-30-52(60)53-31-14-19-37-61(53)68)41-43-66(58)70(67)65-40-22-17-34-57(65)56-33-16-21-39-64(56)69-62-35-12-4-11-29-54(62)55-32-15-20-38-63(55)69/h1-3,5-11,13-16,18-33,36-46H,4,17,34H2. The zero-order valence-corrected chi connectivity index (χ0v) is 39.9. The van der Waals surface area contributed by atoms with Crippen LogP contribution in [0, 0.1) is 11.8 Å². The van der Waals surface area contributed by atoms with Crippen LogP contribution in [-0.2, 0) is 0 Å². The van der Waals surface area contributed by atoms with Crippen molar-refractivity contribution in [2.75, 3.05) is 0 Å². The second-order valence-electron chi connectivity index (χ2n) is 18.5. The lowest BCUT2D eigenvalue weighted by atomic mass is 9.93. The van der Waals surface area contributed by atoms with Crippen molar-refractivity contribution in [1.29, 1.82) is 0 Å². The number of para-hydroxylation sites is 4. The lowest BCUT2D eigenvalue weighted by molar-refractivity contribution is 1.02. The molecule has 71 heavy (non-hydrogen) atoms. The number of hydrogen-bond donors (Lipinski definition) is 0. The Labute approximate surface area is 414 Å². The number of fused-ring (bicyclic) bond motifs is 9. The van der Waals surface area contributed by atoms with Gasteiger partial charge in [-0.05, 0) is 127 Å². The highest BCUT2D eigenvalue weighted by molar-refractivity contribution is 8.34. The van der Waals surface area contributed by atoms with Gasteiger partial charge in [-0.2, -0.15) is 0 Å². The summed E-state index contributed by atoms with van der Waals surface area (Å²) >= 11 is 0. The average molecular weight is 926 g/mol. The third-order valence-corrected chi connectivity index (χ3v) is 18.6. The van der Waals surface area contributed by atoms with Gasteiger partial charge in [-0.15, -0.1) is 10.0 Å². The van der Waals surface area contributed by atoms with E-state index in [0.717, 1.165) is 36.3 Å². The molecule has 0 bridgehead atoms. The molecule has 0 unspecified atom stereocenters. The van der Waals surface area contributed by atoms with E-state index in [1.165, 1.54) is 96.5 Å². The summed E-state index contributed by atoms with van der Waals surface area (Å²) < 4.78 is 7.43. The van der Waals surface area contributed by atoms with E-state index in [1.54, 1.807) is 0 Å². The summed E-state index contributed by atoms with van der Waals surface area (Å²) in [5.41, 5.74) is 14.2. The Kier molecular flexibility index (Phi) is 9.72. The molecule has 336 valence electrons. The highest BCUT2D eigenvalue weighted by atomic mass is 32.3. The zero-order valence-electron chi connectivity index (χ0n) is 39.0. The first-order valence-electron chi connectivity index (χ1n) is 24.6. The zero-order chi connectivity index (χ0) is 46.9. The van der Waals surface area contributed by atoms with Gasteiger partial charge in [0.2, 0.25) is 0 Å². The summed E-state index contributed by atoms with van der Waals surface area (Å²) in [6, 6.07) is 83.6. The van der Waals surface area contributed by atoms with Gasteiger partial charge in [0.25, 0.3) is 0 Å². The molecule has 0 amide bonds. The fourth-order valence-electron chi connectivity index (χ4n) is 11.7. The van der Waals surface area contributed by atoms with Gasteiger partial charge in [0, 0.05) is 75.4 Å². The van der Waals surface area contributed by atoms with Gasteiger partial charge in [-0.1, -0.05) is 152 Å². The molecule has 0 fully saturated rings. The summed E-state index contributed by atoms with van der Waals surface area (Å²) in [5, 5.41) is 6.17. The summed E-state index contributed by atoms with van der Waals surface area (Å²) in [5.74, 6) is 7.05. The Hall–Kier alpha value is -8.75. The molecule has 14 rings (SSSR count). The molecule has 3 nitrogen and oxygen atoms in total. The van der Waals surface area contributed by atoms with Gasteiger partial charge in [0.15, 0.2) is 0 Å².